The third-order valence-electron chi connectivity index (χ3n) is 5.12. The van der Waals surface area contributed by atoms with Gasteiger partial charge in [0.15, 0.2) is 0 Å². The fourth-order valence-corrected chi connectivity index (χ4v) is 3.59. The Bertz CT molecular complexity index is 686. The van der Waals surface area contributed by atoms with E-state index < -0.39 is 0 Å². The molecule has 1 aromatic carbocycles. The van der Waals surface area contributed by atoms with Gasteiger partial charge in [0.2, 0.25) is 5.91 Å². The topological polar surface area (TPSA) is 50.2 Å². The first-order chi connectivity index (χ1) is 11.7. The Morgan fingerprint density at radius 2 is 1.96 bits per heavy atom. The van der Waals surface area contributed by atoms with E-state index in [1.807, 2.05) is 16.8 Å². The van der Waals surface area contributed by atoms with Crippen LogP contribution in [0.5, 0.6) is 0 Å². The van der Waals surface area contributed by atoms with Gasteiger partial charge in [-0.05, 0) is 51.4 Å². The van der Waals surface area contributed by atoms with Gasteiger partial charge in [0.05, 0.1) is 17.8 Å². The first kappa shape index (κ1) is 17.0. The second kappa shape index (κ2) is 7.79. The zero-order valence-corrected chi connectivity index (χ0v) is 14.8. The van der Waals surface area contributed by atoms with E-state index in [1.165, 1.54) is 0 Å². The van der Waals surface area contributed by atoms with Crippen molar-refractivity contribution in [2.45, 2.75) is 46.2 Å². The Hall–Kier alpha value is -1.88. The Morgan fingerprint density at radius 1 is 1.21 bits per heavy atom. The van der Waals surface area contributed by atoms with Crippen molar-refractivity contribution in [1.29, 1.82) is 0 Å². The van der Waals surface area contributed by atoms with Gasteiger partial charge in [0.1, 0.15) is 0 Å². The maximum Gasteiger partial charge on any atom is 0.220 e. The van der Waals surface area contributed by atoms with Crippen LogP contribution in [0, 0.1) is 5.92 Å². The minimum absolute atomic E-state index is 0.153. The summed E-state index contributed by atoms with van der Waals surface area (Å²) >= 11 is 0. The summed E-state index contributed by atoms with van der Waals surface area (Å²) in [7, 11) is 0. The van der Waals surface area contributed by atoms with Crippen molar-refractivity contribution in [3.63, 3.8) is 0 Å². The summed E-state index contributed by atoms with van der Waals surface area (Å²) < 4.78 is 2.00. The van der Waals surface area contributed by atoms with Gasteiger partial charge in [-0.1, -0.05) is 25.1 Å². The van der Waals surface area contributed by atoms with Crippen molar-refractivity contribution in [2.75, 3.05) is 19.6 Å². The number of carbonyl (C=O) groups excluding carboxylic acids is 1. The largest absolute Gasteiger partial charge is 0.350 e. The summed E-state index contributed by atoms with van der Waals surface area (Å²) in [6, 6.07) is 8.22. The highest BCUT2D eigenvalue weighted by Gasteiger charge is 2.20. The number of piperidine rings is 1. The third-order valence-corrected chi connectivity index (χ3v) is 5.12. The molecule has 1 aromatic heterocycles. The van der Waals surface area contributed by atoms with Crippen LogP contribution in [-0.4, -0.2) is 40.2 Å². The lowest BCUT2D eigenvalue weighted by molar-refractivity contribution is -0.122. The molecule has 1 N–H and O–H groups in total. The fraction of sp³-hybridized carbons (Fsp3) is 0.579. The summed E-state index contributed by atoms with van der Waals surface area (Å²) in [5.74, 6) is 0.679. The van der Waals surface area contributed by atoms with E-state index in [1.54, 1.807) is 0 Å². The Morgan fingerprint density at radius 3 is 2.67 bits per heavy atom. The van der Waals surface area contributed by atoms with E-state index in [-0.39, 0.29) is 5.91 Å². The number of nitrogens with one attached hydrogen (secondary N) is 1. The lowest BCUT2D eigenvalue weighted by Crippen LogP contribution is -2.35. The monoisotopic (exact) mass is 328 g/mol. The van der Waals surface area contributed by atoms with Crippen molar-refractivity contribution in [3.05, 3.63) is 30.0 Å². The summed E-state index contributed by atoms with van der Waals surface area (Å²) in [5.41, 5.74) is 2.10. The van der Waals surface area contributed by atoms with Crippen LogP contribution in [0.1, 0.15) is 38.8 Å². The molecule has 5 nitrogen and oxygen atoms in total. The molecule has 130 valence electrons. The second-order valence-electron chi connectivity index (χ2n) is 6.64. The molecule has 1 amide bonds. The molecule has 24 heavy (non-hydrogen) atoms. The van der Waals surface area contributed by atoms with E-state index in [0.717, 1.165) is 55.6 Å². The van der Waals surface area contributed by atoms with Crippen molar-refractivity contribution in [1.82, 2.24) is 20.0 Å². The molecule has 1 fully saturated rings. The van der Waals surface area contributed by atoms with Gasteiger partial charge >= 0.3 is 0 Å². The first-order valence-electron chi connectivity index (χ1n) is 9.14. The van der Waals surface area contributed by atoms with Crippen LogP contribution in [0.25, 0.3) is 10.9 Å². The van der Waals surface area contributed by atoms with Crippen LogP contribution in [-0.2, 0) is 17.9 Å². The highest BCUT2D eigenvalue weighted by molar-refractivity contribution is 5.83. The normalized spacial score (nSPS) is 16.6. The van der Waals surface area contributed by atoms with Crippen LogP contribution in [0.3, 0.4) is 0 Å². The highest BCUT2D eigenvalue weighted by atomic mass is 16.1. The van der Waals surface area contributed by atoms with Gasteiger partial charge in [0.25, 0.3) is 0 Å². The number of fused-ring (bicyclic) bond motifs is 1. The molecule has 1 aliphatic rings. The summed E-state index contributed by atoms with van der Waals surface area (Å²) in [6.07, 6.45) is 2.91. The van der Waals surface area contributed by atoms with Crippen molar-refractivity contribution < 1.29 is 4.79 Å². The average Bonchev–Trinajstić information content (AvgIpc) is 2.99. The number of aromatic nitrogens is 2. The SMILES string of the molecule is CCN1CCC(CC(=O)NCc2nn(CC)c3ccccc23)CC1. The number of likely N-dealkylation sites (tertiary alicyclic amines) is 1. The highest BCUT2D eigenvalue weighted by Crippen LogP contribution is 2.21. The van der Waals surface area contributed by atoms with E-state index in [4.69, 9.17) is 0 Å². The minimum atomic E-state index is 0.153. The number of amides is 1. The molecule has 2 aromatic rings. The molecule has 0 bridgehead atoms. The number of hydrogen-bond acceptors (Lipinski definition) is 3. The van der Waals surface area contributed by atoms with E-state index >= 15 is 0 Å². The Balaban J connectivity index is 1.55. The van der Waals surface area contributed by atoms with Gasteiger partial charge in [-0.25, -0.2) is 0 Å². The lowest BCUT2D eigenvalue weighted by Gasteiger charge is -2.30. The van der Waals surface area contributed by atoms with Gasteiger partial charge in [0, 0.05) is 18.4 Å². The fourth-order valence-electron chi connectivity index (χ4n) is 3.59. The van der Waals surface area contributed by atoms with Gasteiger partial charge in [-0.2, -0.15) is 5.10 Å². The molecule has 0 radical (unpaired) electrons. The molecule has 1 aliphatic heterocycles. The zero-order chi connectivity index (χ0) is 16.9. The summed E-state index contributed by atoms with van der Waals surface area (Å²) in [6.45, 7) is 9.01. The molecule has 3 rings (SSSR count). The average molecular weight is 328 g/mol. The molecule has 0 spiro atoms. The van der Waals surface area contributed by atoms with Crippen molar-refractivity contribution in [2.24, 2.45) is 5.92 Å². The van der Waals surface area contributed by atoms with E-state index in [9.17, 15) is 4.79 Å². The maximum atomic E-state index is 12.3. The van der Waals surface area contributed by atoms with Crippen LogP contribution in [0.2, 0.25) is 0 Å². The predicted octanol–water partition coefficient (Wildman–Crippen LogP) is 2.79. The molecular formula is C19H28N4O. The van der Waals surface area contributed by atoms with E-state index in [2.05, 4.69) is 41.3 Å². The van der Waals surface area contributed by atoms with Crippen molar-refractivity contribution in [3.8, 4) is 0 Å². The quantitative estimate of drug-likeness (QED) is 0.887. The minimum Gasteiger partial charge on any atom is -0.350 e. The Labute approximate surface area is 144 Å². The number of rotatable bonds is 6. The number of para-hydroxylation sites is 1. The van der Waals surface area contributed by atoms with Crippen LogP contribution in [0.4, 0.5) is 0 Å². The molecule has 5 heteroatoms. The summed E-state index contributed by atoms with van der Waals surface area (Å²) in [5, 5.41) is 8.85. The number of benzene rings is 1. The number of carbonyl (C=O) groups is 1. The number of hydrogen-bond donors (Lipinski definition) is 1. The Kier molecular flexibility index (Phi) is 5.51. The lowest BCUT2D eigenvalue weighted by atomic mass is 9.93. The molecule has 0 unspecified atom stereocenters. The molecule has 0 atom stereocenters. The molecule has 2 heterocycles. The summed E-state index contributed by atoms with van der Waals surface area (Å²) in [4.78, 5) is 14.7. The number of nitrogens with zero attached hydrogens (tertiary/aromatic N) is 3. The molecule has 0 saturated carbocycles. The van der Waals surface area contributed by atoms with E-state index in [0.29, 0.717) is 18.9 Å². The third kappa shape index (κ3) is 3.78. The molecular weight excluding hydrogens is 300 g/mol. The molecule has 0 aliphatic carbocycles. The smallest absolute Gasteiger partial charge is 0.220 e. The van der Waals surface area contributed by atoms with Crippen molar-refractivity contribution >= 4 is 16.8 Å². The maximum absolute atomic E-state index is 12.3. The van der Waals surface area contributed by atoms with Gasteiger partial charge in [-0.3, -0.25) is 9.48 Å². The first-order valence-corrected chi connectivity index (χ1v) is 9.14. The standard InChI is InChI=1S/C19H28N4O/c1-3-22-11-9-15(10-12-22)13-19(24)20-14-17-16-7-5-6-8-18(16)23(4-2)21-17/h5-8,15H,3-4,9-14H2,1-2H3,(H,20,24). The van der Waals surface area contributed by atoms with Crippen LogP contribution >= 0.6 is 0 Å². The van der Waals surface area contributed by atoms with Crippen LogP contribution in [0.15, 0.2) is 24.3 Å². The predicted molar refractivity (Wildman–Crippen MR) is 96.7 cm³/mol. The number of aryl methyl sites for hydroxylation is 1. The zero-order valence-electron chi connectivity index (χ0n) is 14.8. The second-order valence-corrected chi connectivity index (χ2v) is 6.64. The van der Waals surface area contributed by atoms with Crippen LogP contribution < -0.4 is 5.32 Å². The molecule has 1 saturated heterocycles. The van der Waals surface area contributed by atoms with Gasteiger partial charge in [-0.15, -0.1) is 0 Å². The van der Waals surface area contributed by atoms with Gasteiger partial charge < -0.3 is 10.2 Å².